The Morgan fingerprint density at radius 1 is 1.26 bits per heavy atom. The summed E-state index contributed by atoms with van der Waals surface area (Å²) in [5.74, 6) is 0.285. The van der Waals surface area contributed by atoms with Gasteiger partial charge in [-0.2, -0.15) is 18.4 Å². The van der Waals surface area contributed by atoms with Gasteiger partial charge in [-0.1, -0.05) is 0 Å². The number of piperazine rings is 1. The molecular formula is C21H22F3N5O2. The maximum absolute atomic E-state index is 13.3. The molecule has 0 radical (unpaired) electrons. The Morgan fingerprint density at radius 2 is 2.00 bits per heavy atom. The number of amides is 2. The van der Waals surface area contributed by atoms with Crippen LogP contribution in [0.4, 0.5) is 29.3 Å². The van der Waals surface area contributed by atoms with Gasteiger partial charge in [0.25, 0.3) is 0 Å². The van der Waals surface area contributed by atoms with Gasteiger partial charge >= 0.3 is 12.2 Å². The number of nitriles is 1. The standard InChI is InChI=1S/C21H22F3N5O2/c1-13-12-29(20(30)27-18-5-4-8-26-19(18)31-3)14(2)11-28(13)16-7-6-15(10-25)17(9-16)21(22,23)24/h4-9,13-14H,11-12H2,1-3H3,(H,27,30)/t13-,14+/m0/s1. The van der Waals surface area contributed by atoms with E-state index in [1.807, 2.05) is 18.7 Å². The van der Waals surface area contributed by atoms with Crippen LogP contribution in [0.1, 0.15) is 25.0 Å². The van der Waals surface area contributed by atoms with E-state index in [0.29, 0.717) is 24.5 Å². The Balaban J connectivity index is 1.79. The van der Waals surface area contributed by atoms with E-state index in [1.165, 1.54) is 19.2 Å². The first-order chi connectivity index (χ1) is 14.7. The second-order valence-electron chi connectivity index (χ2n) is 7.33. The van der Waals surface area contributed by atoms with Crippen molar-refractivity contribution >= 4 is 17.4 Å². The van der Waals surface area contributed by atoms with Gasteiger partial charge in [-0.25, -0.2) is 9.78 Å². The van der Waals surface area contributed by atoms with Crippen molar-refractivity contribution in [2.75, 3.05) is 30.4 Å². The number of anilines is 2. The summed E-state index contributed by atoms with van der Waals surface area (Å²) in [5, 5.41) is 11.8. The minimum atomic E-state index is -4.62. The summed E-state index contributed by atoms with van der Waals surface area (Å²) in [6.45, 7) is 4.30. The molecule has 3 rings (SSSR count). The zero-order valence-corrected chi connectivity index (χ0v) is 17.3. The van der Waals surface area contributed by atoms with E-state index < -0.39 is 17.3 Å². The number of alkyl halides is 3. The molecule has 0 aliphatic carbocycles. The molecule has 1 fully saturated rings. The molecule has 164 valence electrons. The van der Waals surface area contributed by atoms with Crippen molar-refractivity contribution in [3.63, 3.8) is 0 Å². The number of methoxy groups -OCH3 is 1. The average Bonchev–Trinajstić information content (AvgIpc) is 2.74. The van der Waals surface area contributed by atoms with Crippen molar-refractivity contribution in [2.24, 2.45) is 0 Å². The van der Waals surface area contributed by atoms with Crippen LogP contribution in [0.5, 0.6) is 5.88 Å². The highest BCUT2D eigenvalue weighted by molar-refractivity contribution is 5.91. The van der Waals surface area contributed by atoms with Gasteiger partial charge in [-0.3, -0.25) is 0 Å². The number of hydrogen-bond donors (Lipinski definition) is 1. The SMILES string of the molecule is COc1ncccc1NC(=O)N1C[C@H](C)N(c2ccc(C#N)c(C(F)(F)F)c2)C[C@H]1C. The first kappa shape index (κ1) is 22.2. The molecule has 2 amide bonds. The Morgan fingerprint density at radius 3 is 2.65 bits per heavy atom. The fourth-order valence-electron chi connectivity index (χ4n) is 3.65. The second-order valence-corrected chi connectivity index (χ2v) is 7.33. The number of benzene rings is 1. The van der Waals surface area contributed by atoms with Gasteiger partial charge in [-0.05, 0) is 44.2 Å². The molecule has 2 atom stereocenters. The molecule has 1 saturated heterocycles. The summed E-state index contributed by atoms with van der Waals surface area (Å²) in [5.41, 5.74) is -0.588. The fourth-order valence-corrected chi connectivity index (χ4v) is 3.65. The summed E-state index contributed by atoms with van der Waals surface area (Å²) in [6, 6.07) is 7.76. The summed E-state index contributed by atoms with van der Waals surface area (Å²) in [4.78, 5) is 20.3. The van der Waals surface area contributed by atoms with E-state index in [4.69, 9.17) is 10.00 Å². The predicted molar refractivity (Wildman–Crippen MR) is 109 cm³/mol. The van der Waals surface area contributed by atoms with Crippen molar-refractivity contribution in [1.82, 2.24) is 9.88 Å². The Hall–Kier alpha value is -3.48. The normalized spacial score (nSPS) is 19.0. The lowest BCUT2D eigenvalue weighted by Gasteiger charge is -2.45. The molecule has 2 aromatic rings. The van der Waals surface area contributed by atoms with Crippen LogP contribution < -0.4 is 15.0 Å². The number of ether oxygens (including phenoxy) is 1. The lowest BCUT2D eigenvalue weighted by Crippen LogP contribution is -2.59. The number of halogens is 3. The van der Waals surface area contributed by atoms with Gasteiger partial charge in [0.15, 0.2) is 0 Å². The molecule has 31 heavy (non-hydrogen) atoms. The number of aromatic nitrogens is 1. The molecular weight excluding hydrogens is 411 g/mol. The van der Waals surface area contributed by atoms with E-state index in [0.717, 1.165) is 6.07 Å². The summed E-state index contributed by atoms with van der Waals surface area (Å²) in [7, 11) is 1.45. The van der Waals surface area contributed by atoms with Crippen molar-refractivity contribution in [1.29, 1.82) is 5.26 Å². The van der Waals surface area contributed by atoms with Crippen LogP contribution in [0.2, 0.25) is 0 Å². The molecule has 1 aromatic carbocycles. The third-order valence-electron chi connectivity index (χ3n) is 5.21. The van der Waals surface area contributed by atoms with Crippen LogP contribution in [-0.2, 0) is 6.18 Å². The van der Waals surface area contributed by atoms with Crippen LogP contribution in [0.15, 0.2) is 36.5 Å². The third-order valence-corrected chi connectivity index (χ3v) is 5.21. The topological polar surface area (TPSA) is 81.5 Å². The van der Waals surface area contributed by atoms with Gasteiger partial charge in [0.2, 0.25) is 5.88 Å². The van der Waals surface area contributed by atoms with Crippen LogP contribution >= 0.6 is 0 Å². The van der Waals surface area contributed by atoms with Crippen LogP contribution in [0.25, 0.3) is 0 Å². The maximum atomic E-state index is 13.3. The number of carbonyl (C=O) groups excluding carboxylic acids is 1. The molecule has 0 bridgehead atoms. The van der Waals surface area contributed by atoms with E-state index in [9.17, 15) is 18.0 Å². The van der Waals surface area contributed by atoms with Crippen LogP contribution in [0.3, 0.4) is 0 Å². The largest absolute Gasteiger partial charge is 0.480 e. The molecule has 1 aliphatic rings. The maximum Gasteiger partial charge on any atom is 0.417 e. The monoisotopic (exact) mass is 433 g/mol. The van der Waals surface area contributed by atoms with Gasteiger partial charge in [0, 0.05) is 37.1 Å². The Kier molecular flexibility index (Phi) is 6.24. The number of rotatable bonds is 3. The molecule has 7 nitrogen and oxygen atoms in total. The molecule has 0 saturated carbocycles. The number of nitrogens with zero attached hydrogens (tertiary/aromatic N) is 4. The van der Waals surface area contributed by atoms with Gasteiger partial charge in [0.05, 0.1) is 24.3 Å². The van der Waals surface area contributed by atoms with Gasteiger partial charge in [-0.15, -0.1) is 0 Å². The average molecular weight is 433 g/mol. The molecule has 10 heteroatoms. The smallest absolute Gasteiger partial charge is 0.417 e. The van der Waals surface area contributed by atoms with Crippen molar-refractivity contribution in [2.45, 2.75) is 32.1 Å². The number of pyridine rings is 1. The zero-order chi connectivity index (χ0) is 22.8. The number of carbonyl (C=O) groups is 1. The lowest BCUT2D eigenvalue weighted by atomic mass is 10.0. The fraction of sp³-hybridized carbons (Fsp3) is 0.381. The molecule has 0 unspecified atom stereocenters. The van der Waals surface area contributed by atoms with Crippen molar-refractivity contribution in [3.05, 3.63) is 47.7 Å². The number of nitrogens with one attached hydrogen (secondary N) is 1. The van der Waals surface area contributed by atoms with Gasteiger partial charge < -0.3 is 19.9 Å². The van der Waals surface area contributed by atoms with E-state index in [2.05, 4.69) is 10.3 Å². The minimum Gasteiger partial charge on any atom is -0.480 e. The van der Waals surface area contributed by atoms with E-state index in [-0.39, 0.29) is 24.0 Å². The van der Waals surface area contributed by atoms with E-state index >= 15 is 0 Å². The molecule has 2 heterocycles. The highest BCUT2D eigenvalue weighted by Gasteiger charge is 2.36. The molecule has 0 spiro atoms. The Labute approximate surface area is 178 Å². The van der Waals surface area contributed by atoms with Crippen LogP contribution in [-0.4, -0.2) is 48.2 Å². The first-order valence-electron chi connectivity index (χ1n) is 9.60. The zero-order valence-electron chi connectivity index (χ0n) is 17.3. The highest BCUT2D eigenvalue weighted by atomic mass is 19.4. The van der Waals surface area contributed by atoms with Gasteiger partial charge in [0.1, 0.15) is 5.69 Å². The predicted octanol–water partition coefficient (Wildman–Crippen LogP) is 4.11. The quantitative estimate of drug-likeness (QED) is 0.788. The number of urea groups is 1. The molecule has 1 aliphatic heterocycles. The lowest BCUT2D eigenvalue weighted by molar-refractivity contribution is -0.137. The summed E-state index contributed by atoms with van der Waals surface area (Å²) < 4.78 is 45.2. The van der Waals surface area contributed by atoms with Crippen molar-refractivity contribution < 1.29 is 22.7 Å². The molecule has 1 N–H and O–H groups in total. The van der Waals surface area contributed by atoms with Crippen molar-refractivity contribution in [3.8, 4) is 11.9 Å². The second kappa shape index (κ2) is 8.71. The highest BCUT2D eigenvalue weighted by Crippen LogP contribution is 2.35. The molecule has 1 aromatic heterocycles. The summed E-state index contributed by atoms with van der Waals surface area (Å²) in [6.07, 6.45) is -3.08. The number of hydrogen-bond acceptors (Lipinski definition) is 5. The van der Waals surface area contributed by atoms with E-state index in [1.54, 1.807) is 29.3 Å². The summed E-state index contributed by atoms with van der Waals surface area (Å²) >= 11 is 0. The Bertz CT molecular complexity index is 1010. The minimum absolute atomic E-state index is 0.244. The first-order valence-corrected chi connectivity index (χ1v) is 9.60. The van der Waals surface area contributed by atoms with Crippen LogP contribution in [0, 0.1) is 11.3 Å². The third kappa shape index (κ3) is 4.66.